The first-order valence-corrected chi connectivity index (χ1v) is 4.63. The molecular formula is C10H12S. The highest BCUT2D eigenvalue weighted by Crippen LogP contribution is 2.23. The maximum Gasteiger partial charge on any atom is 0.00604 e. The highest BCUT2D eigenvalue weighted by molar-refractivity contribution is 7.80. The average Bonchev–Trinajstić information content (AvgIpc) is 2.04. The van der Waals surface area contributed by atoms with Gasteiger partial charge in [0.15, 0.2) is 0 Å². The second-order valence-corrected chi connectivity index (χ2v) is 3.90. The van der Waals surface area contributed by atoms with Gasteiger partial charge in [0, 0.05) is 5.25 Å². The largest absolute Gasteiger partial charge is 0.176 e. The van der Waals surface area contributed by atoms with E-state index >= 15 is 0 Å². The summed E-state index contributed by atoms with van der Waals surface area (Å²) in [5.74, 6) is 0. The van der Waals surface area contributed by atoms with E-state index in [4.69, 9.17) is 0 Å². The van der Waals surface area contributed by atoms with E-state index < -0.39 is 0 Å². The van der Waals surface area contributed by atoms with E-state index in [0.717, 1.165) is 6.42 Å². The molecule has 0 heterocycles. The van der Waals surface area contributed by atoms with Crippen LogP contribution in [0.25, 0.3) is 0 Å². The van der Waals surface area contributed by atoms with E-state index in [1.807, 2.05) is 0 Å². The second kappa shape index (κ2) is 2.90. The fourth-order valence-corrected chi connectivity index (χ4v) is 2.00. The predicted molar refractivity (Wildman–Crippen MR) is 51.2 cm³/mol. The van der Waals surface area contributed by atoms with Crippen molar-refractivity contribution in [1.82, 2.24) is 0 Å². The Bertz CT molecular complexity index is 255. The van der Waals surface area contributed by atoms with Crippen LogP contribution in [-0.4, -0.2) is 5.25 Å². The normalized spacial score (nSPS) is 22.8. The quantitative estimate of drug-likeness (QED) is 0.559. The molecule has 2 rings (SSSR count). The van der Waals surface area contributed by atoms with E-state index in [9.17, 15) is 0 Å². The SMILES string of the molecule is S[C@H]1CCc2ccccc2C1. The van der Waals surface area contributed by atoms with Crippen molar-refractivity contribution in [2.45, 2.75) is 24.5 Å². The molecule has 58 valence electrons. The van der Waals surface area contributed by atoms with Gasteiger partial charge in [0.1, 0.15) is 0 Å². The van der Waals surface area contributed by atoms with Gasteiger partial charge in [-0.2, -0.15) is 12.6 Å². The van der Waals surface area contributed by atoms with Crippen LogP contribution in [0.1, 0.15) is 17.5 Å². The van der Waals surface area contributed by atoms with E-state index in [0.29, 0.717) is 5.25 Å². The van der Waals surface area contributed by atoms with Gasteiger partial charge in [-0.3, -0.25) is 0 Å². The number of benzene rings is 1. The molecule has 0 aliphatic heterocycles. The van der Waals surface area contributed by atoms with Gasteiger partial charge in [-0.15, -0.1) is 0 Å². The van der Waals surface area contributed by atoms with Crippen molar-refractivity contribution in [3.05, 3.63) is 35.4 Å². The first kappa shape index (κ1) is 7.23. The van der Waals surface area contributed by atoms with Crippen molar-refractivity contribution < 1.29 is 0 Å². The van der Waals surface area contributed by atoms with Crippen LogP contribution in [0.2, 0.25) is 0 Å². The number of hydrogen-bond donors (Lipinski definition) is 1. The number of thiol groups is 1. The molecule has 0 fully saturated rings. The van der Waals surface area contributed by atoms with Gasteiger partial charge in [-0.25, -0.2) is 0 Å². The molecule has 0 unspecified atom stereocenters. The lowest BCUT2D eigenvalue weighted by Crippen LogP contribution is -2.13. The molecule has 1 aromatic rings. The minimum absolute atomic E-state index is 0.588. The van der Waals surface area contributed by atoms with Gasteiger partial charge in [-0.1, -0.05) is 24.3 Å². The van der Waals surface area contributed by atoms with Gasteiger partial charge in [0.05, 0.1) is 0 Å². The van der Waals surface area contributed by atoms with Gasteiger partial charge in [-0.05, 0) is 30.4 Å². The number of hydrogen-bond acceptors (Lipinski definition) is 1. The van der Waals surface area contributed by atoms with Gasteiger partial charge in [0.25, 0.3) is 0 Å². The van der Waals surface area contributed by atoms with Crippen molar-refractivity contribution in [2.75, 3.05) is 0 Å². The highest BCUT2D eigenvalue weighted by atomic mass is 32.1. The minimum Gasteiger partial charge on any atom is -0.176 e. The van der Waals surface area contributed by atoms with E-state index in [1.165, 1.54) is 24.0 Å². The third kappa shape index (κ3) is 1.43. The second-order valence-electron chi connectivity index (χ2n) is 3.17. The van der Waals surface area contributed by atoms with Crippen LogP contribution in [0.15, 0.2) is 24.3 Å². The summed E-state index contributed by atoms with van der Waals surface area (Å²) in [6.07, 6.45) is 3.60. The Balaban J connectivity index is 2.34. The van der Waals surface area contributed by atoms with Crippen LogP contribution < -0.4 is 0 Å². The van der Waals surface area contributed by atoms with Crippen molar-refractivity contribution >= 4 is 12.6 Å². The van der Waals surface area contributed by atoms with Crippen LogP contribution in [0, 0.1) is 0 Å². The van der Waals surface area contributed by atoms with Crippen LogP contribution in [0.3, 0.4) is 0 Å². The lowest BCUT2D eigenvalue weighted by atomic mass is 9.92. The van der Waals surface area contributed by atoms with E-state index in [2.05, 4.69) is 36.9 Å². The molecule has 0 saturated carbocycles. The molecule has 1 aliphatic carbocycles. The Morgan fingerprint density at radius 3 is 2.73 bits per heavy atom. The fourth-order valence-electron chi connectivity index (χ4n) is 1.68. The molecule has 1 aromatic carbocycles. The Kier molecular flexibility index (Phi) is 1.91. The summed E-state index contributed by atoms with van der Waals surface area (Å²) in [5.41, 5.74) is 3.02. The molecule has 0 N–H and O–H groups in total. The highest BCUT2D eigenvalue weighted by Gasteiger charge is 2.13. The van der Waals surface area contributed by atoms with Gasteiger partial charge in [0.2, 0.25) is 0 Å². The third-order valence-electron chi connectivity index (χ3n) is 2.32. The molecular weight excluding hydrogens is 152 g/mol. The number of rotatable bonds is 0. The maximum atomic E-state index is 4.49. The molecule has 1 atom stereocenters. The predicted octanol–water partition coefficient (Wildman–Crippen LogP) is 2.47. The summed E-state index contributed by atoms with van der Waals surface area (Å²) in [4.78, 5) is 0. The average molecular weight is 164 g/mol. The number of aryl methyl sites for hydroxylation is 1. The topological polar surface area (TPSA) is 0 Å². The molecule has 11 heavy (non-hydrogen) atoms. The van der Waals surface area contributed by atoms with Crippen molar-refractivity contribution in [3.63, 3.8) is 0 Å². The molecule has 1 aliphatic rings. The Morgan fingerprint density at radius 2 is 1.91 bits per heavy atom. The lowest BCUT2D eigenvalue weighted by Gasteiger charge is -2.19. The Labute approximate surface area is 73.0 Å². The summed E-state index contributed by atoms with van der Waals surface area (Å²) < 4.78 is 0. The molecule has 0 nitrogen and oxygen atoms in total. The zero-order valence-corrected chi connectivity index (χ0v) is 7.35. The summed E-state index contributed by atoms with van der Waals surface area (Å²) in [6, 6.07) is 8.69. The lowest BCUT2D eigenvalue weighted by molar-refractivity contribution is 0.706. The van der Waals surface area contributed by atoms with Crippen molar-refractivity contribution in [1.29, 1.82) is 0 Å². The smallest absolute Gasteiger partial charge is 0.00604 e. The zero-order chi connectivity index (χ0) is 7.68. The molecule has 0 bridgehead atoms. The van der Waals surface area contributed by atoms with Crippen LogP contribution in [-0.2, 0) is 12.8 Å². The van der Waals surface area contributed by atoms with Crippen LogP contribution in [0.4, 0.5) is 0 Å². The minimum atomic E-state index is 0.588. The molecule has 0 aromatic heterocycles. The summed E-state index contributed by atoms with van der Waals surface area (Å²) in [7, 11) is 0. The van der Waals surface area contributed by atoms with E-state index in [-0.39, 0.29) is 0 Å². The Hall–Kier alpha value is -0.430. The van der Waals surface area contributed by atoms with Crippen LogP contribution in [0.5, 0.6) is 0 Å². The van der Waals surface area contributed by atoms with Crippen molar-refractivity contribution in [2.24, 2.45) is 0 Å². The van der Waals surface area contributed by atoms with Crippen LogP contribution >= 0.6 is 12.6 Å². The fraction of sp³-hybridized carbons (Fsp3) is 0.400. The molecule has 1 heteroatoms. The summed E-state index contributed by atoms with van der Waals surface area (Å²) in [6.45, 7) is 0. The summed E-state index contributed by atoms with van der Waals surface area (Å²) in [5, 5.41) is 0.588. The van der Waals surface area contributed by atoms with E-state index in [1.54, 1.807) is 0 Å². The molecule has 0 saturated heterocycles. The maximum absolute atomic E-state index is 4.49. The van der Waals surface area contributed by atoms with Gasteiger partial charge >= 0.3 is 0 Å². The third-order valence-corrected chi connectivity index (χ3v) is 2.76. The monoisotopic (exact) mass is 164 g/mol. The zero-order valence-electron chi connectivity index (χ0n) is 6.46. The molecule has 0 radical (unpaired) electrons. The standard InChI is InChI=1S/C10H12S/c11-10-6-5-8-3-1-2-4-9(8)7-10/h1-4,10-11H,5-7H2/t10-/m0/s1. The van der Waals surface area contributed by atoms with Gasteiger partial charge < -0.3 is 0 Å². The van der Waals surface area contributed by atoms with Crippen molar-refractivity contribution in [3.8, 4) is 0 Å². The molecule has 0 amide bonds. The number of fused-ring (bicyclic) bond motifs is 1. The first-order valence-electron chi connectivity index (χ1n) is 4.11. The summed E-state index contributed by atoms with van der Waals surface area (Å²) >= 11 is 4.49. The molecule has 0 spiro atoms. The first-order chi connectivity index (χ1) is 5.36. The Morgan fingerprint density at radius 1 is 1.18 bits per heavy atom.